The molecule has 0 unspecified atom stereocenters. The molecule has 0 saturated carbocycles. The molecule has 0 amide bonds. The number of nitriles is 1. The van der Waals surface area contributed by atoms with Gasteiger partial charge in [0, 0.05) is 13.0 Å². The number of benzene rings is 1. The van der Waals surface area contributed by atoms with Crippen LogP contribution >= 0.6 is 0 Å². The van der Waals surface area contributed by atoms with Crippen molar-refractivity contribution in [2.75, 3.05) is 6.54 Å². The summed E-state index contributed by atoms with van der Waals surface area (Å²) in [6.45, 7) is 0.245. The molecule has 1 aromatic carbocycles. The number of hydrogen-bond acceptors (Lipinski definition) is 3. The molecule has 0 aromatic heterocycles. The third kappa shape index (κ3) is 4.69. The Morgan fingerprint density at radius 2 is 1.94 bits per heavy atom. The van der Waals surface area contributed by atoms with Crippen molar-refractivity contribution in [2.45, 2.75) is 12.2 Å². The highest BCUT2D eigenvalue weighted by Gasteiger charge is 2.10. The lowest BCUT2D eigenvalue weighted by Gasteiger charge is -2.05. The Balaban J connectivity index is 2.64. The second-order valence-electron chi connectivity index (χ2n) is 3.42. The van der Waals surface area contributed by atoms with Crippen molar-refractivity contribution in [3.63, 3.8) is 0 Å². The van der Waals surface area contributed by atoms with Crippen LogP contribution in [-0.4, -0.2) is 15.0 Å². The minimum atomic E-state index is -3.35. The molecule has 1 aromatic rings. The average Bonchev–Trinajstić information content (AvgIpc) is 2.30. The number of nitrogens with one attached hydrogen (secondary N) is 1. The summed E-state index contributed by atoms with van der Waals surface area (Å²) < 4.78 is 25.6. The molecule has 0 aliphatic carbocycles. The molecular weight excluding hydrogens is 236 g/mol. The Kier molecular flexibility index (Phi) is 4.71. The normalized spacial score (nSPS) is 10.5. The van der Waals surface area contributed by atoms with Gasteiger partial charge in [0.1, 0.15) is 0 Å². The summed E-state index contributed by atoms with van der Waals surface area (Å²) >= 11 is 0. The highest BCUT2D eigenvalue weighted by atomic mass is 32.2. The first-order valence-corrected chi connectivity index (χ1v) is 6.62. The van der Waals surface area contributed by atoms with Gasteiger partial charge in [-0.05, 0) is 17.7 Å². The van der Waals surface area contributed by atoms with Crippen LogP contribution < -0.4 is 4.72 Å². The Bertz CT molecular complexity index is 548. The molecule has 0 saturated heterocycles. The first kappa shape index (κ1) is 13.2. The van der Waals surface area contributed by atoms with Gasteiger partial charge in [-0.3, -0.25) is 0 Å². The van der Waals surface area contributed by atoms with Gasteiger partial charge in [0.05, 0.1) is 17.4 Å². The van der Waals surface area contributed by atoms with E-state index in [0.29, 0.717) is 17.5 Å². The lowest BCUT2D eigenvalue weighted by molar-refractivity contribution is 0.581. The molecule has 0 spiro atoms. The van der Waals surface area contributed by atoms with Crippen LogP contribution in [0.5, 0.6) is 0 Å². The van der Waals surface area contributed by atoms with E-state index in [2.05, 4.69) is 10.6 Å². The lowest BCUT2D eigenvalue weighted by atomic mass is 10.2. The number of hydrogen-bond donors (Lipinski definition) is 1. The Morgan fingerprint density at radius 3 is 2.47 bits per heavy atom. The smallest absolute Gasteiger partial charge is 0.214 e. The van der Waals surface area contributed by atoms with Crippen molar-refractivity contribution < 1.29 is 8.42 Å². The van der Waals surface area contributed by atoms with Crippen LogP contribution in [0.4, 0.5) is 0 Å². The molecule has 0 radical (unpaired) electrons. The Labute approximate surface area is 101 Å². The quantitative estimate of drug-likeness (QED) is 0.624. The fourth-order valence-corrected chi connectivity index (χ4v) is 2.37. The maximum Gasteiger partial charge on any atom is 0.215 e. The van der Waals surface area contributed by atoms with Gasteiger partial charge in [-0.15, -0.1) is 12.3 Å². The van der Waals surface area contributed by atoms with Crippen LogP contribution in [0, 0.1) is 23.7 Å². The largest absolute Gasteiger partial charge is 0.215 e. The summed E-state index contributed by atoms with van der Waals surface area (Å²) in [6.07, 6.45) is 5.39. The van der Waals surface area contributed by atoms with Crippen LogP contribution in [0.15, 0.2) is 24.3 Å². The first-order valence-electron chi connectivity index (χ1n) is 4.97. The van der Waals surface area contributed by atoms with E-state index in [4.69, 9.17) is 11.7 Å². The van der Waals surface area contributed by atoms with Crippen molar-refractivity contribution in [1.29, 1.82) is 5.26 Å². The van der Waals surface area contributed by atoms with Gasteiger partial charge in [0.25, 0.3) is 0 Å². The minimum absolute atomic E-state index is 0.108. The monoisotopic (exact) mass is 248 g/mol. The molecule has 4 nitrogen and oxygen atoms in total. The van der Waals surface area contributed by atoms with Crippen molar-refractivity contribution in [2.24, 2.45) is 0 Å². The fourth-order valence-electron chi connectivity index (χ4n) is 1.22. The van der Waals surface area contributed by atoms with Gasteiger partial charge < -0.3 is 0 Å². The molecule has 0 atom stereocenters. The average molecular weight is 248 g/mol. The topological polar surface area (TPSA) is 70.0 Å². The molecule has 5 heteroatoms. The van der Waals surface area contributed by atoms with Crippen molar-refractivity contribution in [3.05, 3.63) is 35.4 Å². The second kappa shape index (κ2) is 6.05. The number of sulfonamides is 1. The zero-order chi connectivity index (χ0) is 12.7. The van der Waals surface area contributed by atoms with Crippen molar-refractivity contribution in [3.8, 4) is 18.4 Å². The SMILES string of the molecule is C#CCCNS(=O)(=O)Cc1ccc(C#N)cc1. The van der Waals surface area contributed by atoms with E-state index in [9.17, 15) is 8.42 Å². The standard InChI is InChI=1S/C12H12N2O2S/c1-2-3-8-14-17(15,16)10-12-6-4-11(9-13)5-7-12/h1,4-7,14H,3,8,10H2. The van der Waals surface area contributed by atoms with Gasteiger partial charge in [-0.25, -0.2) is 13.1 Å². The van der Waals surface area contributed by atoms with Gasteiger partial charge in [0.15, 0.2) is 0 Å². The summed E-state index contributed by atoms with van der Waals surface area (Å²) in [4.78, 5) is 0. The van der Waals surface area contributed by atoms with Crippen molar-refractivity contribution in [1.82, 2.24) is 4.72 Å². The molecule has 1 rings (SSSR count). The highest BCUT2D eigenvalue weighted by molar-refractivity contribution is 7.88. The van der Waals surface area contributed by atoms with E-state index in [1.54, 1.807) is 24.3 Å². The first-order chi connectivity index (χ1) is 8.07. The van der Waals surface area contributed by atoms with Gasteiger partial charge in [-0.1, -0.05) is 12.1 Å². The number of rotatable bonds is 5. The molecule has 0 heterocycles. The predicted octanol–water partition coefficient (Wildman–Crippen LogP) is 1.00. The van der Waals surface area contributed by atoms with E-state index >= 15 is 0 Å². The summed E-state index contributed by atoms with van der Waals surface area (Å²) in [5, 5.41) is 8.60. The Hall–Kier alpha value is -1.82. The van der Waals surface area contributed by atoms with E-state index in [-0.39, 0.29) is 12.3 Å². The predicted molar refractivity (Wildman–Crippen MR) is 65.2 cm³/mol. The molecule has 0 bridgehead atoms. The van der Waals surface area contributed by atoms with Crippen LogP contribution in [0.1, 0.15) is 17.5 Å². The summed E-state index contributed by atoms with van der Waals surface area (Å²) in [7, 11) is -3.35. The van der Waals surface area contributed by atoms with E-state index in [1.165, 1.54) is 0 Å². The van der Waals surface area contributed by atoms with Crippen LogP contribution in [0.3, 0.4) is 0 Å². The molecule has 0 aliphatic rings. The molecule has 88 valence electrons. The van der Waals surface area contributed by atoms with Gasteiger partial charge >= 0.3 is 0 Å². The fraction of sp³-hybridized carbons (Fsp3) is 0.250. The molecule has 1 N–H and O–H groups in total. The molecular formula is C12H12N2O2S. The second-order valence-corrected chi connectivity index (χ2v) is 5.22. The van der Waals surface area contributed by atoms with Crippen LogP contribution in [0.25, 0.3) is 0 Å². The third-order valence-corrected chi connectivity index (χ3v) is 3.39. The maximum absolute atomic E-state index is 11.6. The number of terminal acetylenes is 1. The van der Waals surface area contributed by atoms with E-state index < -0.39 is 10.0 Å². The van der Waals surface area contributed by atoms with Crippen molar-refractivity contribution >= 4 is 10.0 Å². The molecule has 0 fully saturated rings. The minimum Gasteiger partial charge on any atom is -0.214 e. The van der Waals surface area contributed by atoms with Crippen LogP contribution in [0.2, 0.25) is 0 Å². The number of nitrogens with zero attached hydrogens (tertiary/aromatic N) is 1. The van der Waals surface area contributed by atoms with E-state index in [0.717, 1.165) is 0 Å². The highest BCUT2D eigenvalue weighted by Crippen LogP contribution is 2.06. The van der Waals surface area contributed by atoms with Crippen LogP contribution in [-0.2, 0) is 15.8 Å². The van der Waals surface area contributed by atoms with E-state index in [1.807, 2.05) is 6.07 Å². The molecule has 17 heavy (non-hydrogen) atoms. The summed E-state index contributed by atoms with van der Waals surface area (Å²) in [5.41, 5.74) is 1.14. The van der Waals surface area contributed by atoms with Gasteiger partial charge in [-0.2, -0.15) is 5.26 Å². The maximum atomic E-state index is 11.6. The van der Waals surface area contributed by atoms with Gasteiger partial charge in [0.2, 0.25) is 10.0 Å². The zero-order valence-corrected chi connectivity index (χ0v) is 10.00. The lowest BCUT2D eigenvalue weighted by Crippen LogP contribution is -2.25. The molecule has 0 aliphatic heterocycles. The summed E-state index contributed by atoms with van der Waals surface area (Å²) in [6, 6.07) is 8.40. The zero-order valence-electron chi connectivity index (χ0n) is 9.18. The Morgan fingerprint density at radius 1 is 1.29 bits per heavy atom. The third-order valence-electron chi connectivity index (χ3n) is 2.03. The summed E-state index contributed by atoms with van der Waals surface area (Å²) in [5.74, 6) is 2.25.